The molecule has 0 saturated carbocycles. The first-order valence-electron chi connectivity index (χ1n) is 14.1. The Labute approximate surface area is 257 Å². The molecule has 1 atom stereocenters. The van der Waals surface area contributed by atoms with Crippen LogP contribution in [0.15, 0.2) is 72.8 Å². The minimum Gasteiger partial charge on any atom is -0.284 e. The third-order valence-electron chi connectivity index (χ3n) is 6.30. The van der Waals surface area contributed by atoms with E-state index in [-0.39, 0.29) is 19.7 Å². The number of carbonyl (C=O) groups is 5. The van der Waals surface area contributed by atoms with Crippen molar-refractivity contribution in [1.29, 1.82) is 0 Å². The zero-order valence-corrected chi connectivity index (χ0v) is 25.4. The van der Waals surface area contributed by atoms with Gasteiger partial charge < -0.3 is 0 Å². The number of amides is 7. The van der Waals surface area contributed by atoms with Crippen molar-refractivity contribution in [3.8, 4) is 0 Å². The first-order valence-corrected chi connectivity index (χ1v) is 14.1. The van der Waals surface area contributed by atoms with Crippen molar-refractivity contribution in [3.05, 3.63) is 83.9 Å². The molecule has 2 aromatic carbocycles. The van der Waals surface area contributed by atoms with E-state index in [1.165, 1.54) is 25.5 Å². The van der Waals surface area contributed by atoms with Gasteiger partial charge in [0.1, 0.15) is 6.54 Å². The van der Waals surface area contributed by atoms with Crippen molar-refractivity contribution >= 4 is 48.2 Å². The van der Waals surface area contributed by atoms with Gasteiger partial charge in [-0.15, -0.1) is 4.48 Å². The van der Waals surface area contributed by atoms with Gasteiger partial charge in [0.25, 0.3) is 12.2 Å². The summed E-state index contributed by atoms with van der Waals surface area (Å²) < 4.78 is -1.75. The quantitative estimate of drug-likeness (QED) is 0.179. The summed E-state index contributed by atoms with van der Waals surface area (Å²) in [5, 5.41) is 1.66. The Morgan fingerprint density at radius 2 is 1.41 bits per heavy atom. The molecular formula is C32H38N4O8+. The van der Waals surface area contributed by atoms with E-state index >= 15 is 0 Å². The highest BCUT2D eigenvalue weighted by molar-refractivity contribution is 6.08. The number of urea groups is 2. The largest absolute Gasteiger partial charge is 0.458 e. The number of rotatable bonds is 14. The van der Waals surface area contributed by atoms with Crippen molar-refractivity contribution in [2.24, 2.45) is 0 Å². The van der Waals surface area contributed by atoms with Crippen LogP contribution in [0, 0.1) is 0 Å². The molecule has 0 aliphatic rings. The summed E-state index contributed by atoms with van der Waals surface area (Å²) in [6.45, 7) is 2.96. The molecule has 2 rings (SSSR count). The molecule has 0 saturated heterocycles. The summed E-state index contributed by atoms with van der Waals surface area (Å²) in [5.41, 5.74) is 1.23. The van der Waals surface area contributed by atoms with Crippen LogP contribution in [0.3, 0.4) is 0 Å². The molecule has 0 N–H and O–H groups in total. The number of hydrogen-bond acceptors (Lipinski definition) is 8. The van der Waals surface area contributed by atoms with Gasteiger partial charge in [0, 0.05) is 18.7 Å². The lowest BCUT2D eigenvalue weighted by molar-refractivity contribution is -0.691. The molecule has 12 heteroatoms. The third-order valence-corrected chi connectivity index (χ3v) is 6.30. The van der Waals surface area contributed by atoms with E-state index in [2.05, 4.69) is 0 Å². The number of hydroxylamine groups is 4. The van der Waals surface area contributed by atoms with Gasteiger partial charge in [-0.1, -0.05) is 67.6 Å². The van der Waals surface area contributed by atoms with Gasteiger partial charge >= 0.3 is 23.9 Å². The van der Waals surface area contributed by atoms with Gasteiger partial charge in [-0.2, -0.15) is 5.06 Å². The zero-order chi connectivity index (χ0) is 32.5. The molecule has 0 heterocycles. The molecule has 233 valence electrons. The summed E-state index contributed by atoms with van der Waals surface area (Å²) in [5.74, 6) is -3.25. The second-order valence-corrected chi connectivity index (χ2v) is 9.22. The van der Waals surface area contributed by atoms with Crippen LogP contribution in [0.2, 0.25) is 0 Å². The topological polar surface area (TPSA) is 131 Å². The zero-order valence-electron chi connectivity index (χ0n) is 25.4. The number of imide groups is 4. The minimum atomic E-state index is -1.75. The Morgan fingerprint density at radius 3 is 1.89 bits per heavy atom. The average molecular weight is 607 g/mol. The Balaban J connectivity index is 2.65. The minimum absolute atomic E-state index is 0.0147. The number of quaternary nitrogens is 1. The lowest BCUT2D eigenvalue weighted by Crippen LogP contribution is -2.67. The van der Waals surface area contributed by atoms with E-state index in [1.54, 1.807) is 81.4 Å². The van der Waals surface area contributed by atoms with Crippen molar-refractivity contribution in [2.75, 3.05) is 39.9 Å². The summed E-state index contributed by atoms with van der Waals surface area (Å²) in [6.07, 6.45) is 6.79. The highest BCUT2D eigenvalue weighted by atomic mass is 16.7. The van der Waals surface area contributed by atoms with Crippen LogP contribution in [0.4, 0.5) is 9.59 Å². The number of benzene rings is 2. The molecule has 44 heavy (non-hydrogen) atoms. The standard InChI is InChI=1S/C32H38N4O8/c1-5-22-35(43-4)32(42)36(23-24-37,29(39)21-19-27-16-12-9-13-17-27)30(40)25-33(31(41)34(6-2)44-7-3)28(38)20-18-26-14-10-8-11-15-26/h8-21H,5-7,22-23,25H2,1-4H3/q+1. The van der Waals surface area contributed by atoms with Crippen LogP contribution in [0.5, 0.6) is 0 Å². The molecule has 0 spiro atoms. The Kier molecular flexibility index (Phi) is 14.5. The summed E-state index contributed by atoms with van der Waals surface area (Å²) >= 11 is 0. The van der Waals surface area contributed by atoms with Crippen LogP contribution in [-0.4, -0.2) is 95.5 Å². The van der Waals surface area contributed by atoms with E-state index in [9.17, 15) is 28.8 Å². The molecule has 12 nitrogen and oxygen atoms in total. The molecule has 2 aromatic rings. The fourth-order valence-electron chi connectivity index (χ4n) is 4.06. The van der Waals surface area contributed by atoms with Gasteiger partial charge in [-0.05, 0) is 43.5 Å². The SMILES string of the molecule is CCCN(OC)C(=O)[N+](C[C]=O)(C(=O)C=Cc1ccccc1)C(=O)CN(C(=O)C=Cc1ccccc1)C(=O)N(CC)OCC. The van der Waals surface area contributed by atoms with Gasteiger partial charge in [0.2, 0.25) is 0 Å². The van der Waals surface area contributed by atoms with Gasteiger partial charge in [-0.3, -0.25) is 19.3 Å². The Hall–Kier alpha value is -4.78. The molecule has 1 radical (unpaired) electrons. The molecular weight excluding hydrogens is 568 g/mol. The number of nitrogens with zero attached hydrogens (tertiary/aromatic N) is 4. The Morgan fingerprint density at radius 1 is 0.841 bits per heavy atom. The molecule has 0 aliphatic carbocycles. The smallest absolute Gasteiger partial charge is 0.284 e. The lowest BCUT2D eigenvalue weighted by Gasteiger charge is -2.33. The normalized spacial score (nSPS) is 12.5. The van der Waals surface area contributed by atoms with Gasteiger partial charge in [-0.25, -0.2) is 29.1 Å². The first-order chi connectivity index (χ1) is 21.2. The van der Waals surface area contributed by atoms with Gasteiger partial charge in [0.15, 0.2) is 6.54 Å². The van der Waals surface area contributed by atoms with Crippen LogP contribution in [-0.2, 0) is 28.9 Å². The predicted molar refractivity (Wildman–Crippen MR) is 162 cm³/mol. The second-order valence-electron chi connectivity index (χ2n) is 9.22. The first kappa shape index (κ1) is 35.4. The van der Waals surface area contributed by atoms with Crippen molar-refractivity contribution < 1.29 is 42.9 Å². The predicted octanol–water partition coefficient (Wildman–Crippen LogP) is 4.01. The highest BCUT2D eigenvalue weighted by Gasteiger charge is 2.54. The van der Waals surface area contributed by atoms with Crippen LogP contribution < -0.4 is 0 Å². The van der Waals surface area contributed by atoms with Crippen molar-refractivity contribution in [1.82, 2.24) is 15.0 Å². The maximum absolute atomic E-state index is 14.1. The van der Waals surface area contributed by atoms with Crippen molar-refractivity contribution in [3.63, 3.8) is 0 Å². The van der Waals surface area contributed by atoms with E-state index in [0.717, 1.165) is 22.3 Å². The summed E-state index contributed by atoms with van der Waals surface area (Å²) in [7, 11) is 1.18. The van der Waals surface area contributed by atoms with Crippen LogP contribution in [0.1, 0.15) is 38.3 Å². The fraction of sp³-hybridized carbons (Fsp3) is 0.312. The molecule has 0 aliphatic heterocycles. The number of hydrogen-bond donors (Lipinski definition) is 0. The number of carbonyl (C=O) groups excluding carboxylic acids is 6. The fourth-order valence-corrected chi connectivity index (χ4v) is 4.06. The third kappa shape index (κ3) is 9.11. The monoisotopic (exact) mass is 606 g/mol. The highest BCUT2D eigenvalue weighted by Crippen LogP contribution is 2.19. The van der Waals surface area contributed by atoms with Gasteiger partial charge in [0.05, 0.1) is 20.3 Å². The maximum atomic E-state index is 14.1. The molecule has 7 amide bonds. The Bertz CT molecular complexity index is 1350. The van der Waals surface area contributed by atoms with Crippen LogP contribution in [0.25, 0.3) is 12.2 Å². The van der Waals surface area contributed by atoms with E-state index < -0.39 is 47.4 Å². The summed E-state index contributed by atoms with van der Waals surface area (Å²) in [6, 6.07) is 15.2. The molecule has 0 aromatic heterocycles. The van der Waals surface area contributed by atoms with Crippen molar-refractivity contribution in [2.45, 2.75) is 27.2 Å². The molecule has 0 fully saturated rings. The molecule has 1 unspecified atom stereocenters. The van der Waals surface area contributed by atoms with E-state index in [1.807, 2.05) is 0 Å². The van der Waals surface area contributed by atoms with E-state index in [0.29, 0.717) is 22.4 Å². The molecule has 0 bridgehead atoms. The lowest BCUT2D eigenvalue weighted by atomic mass is 10.2. The van der Waals surface area contributed by atoms with E-state index in [4.69, 9.17) is 9.68 Å². The van der Waals surface area contributed by atoms with Crippen LogP contribution >= 0.6 is 0 Å². The second kappa shape index (κ2) is 18.0. The summed E-state index contributed by atoms with van der Waals surface area (Å²) in [4.78, 5) is 91.7. The maximum Gasteiger partial charge on any atom is 0.458 e. The average Bonchev–Trinajstić information content (AvgIpc) is 3.05.